The molecule has 0 heterocycles. The number of unbranched alkanes of at least 4 members (excludes halogenated alkanes) is 3. The molecule has 3 aromatic rings. The molecule has 0 atom stereocenters. The summed E-state index contributed by atoms with van der Waals surface area (Å²) in [6.45, 7) is 4.96. The van der Waals surface area contributed by atoms with Crippen molar-refractivity contribution in [3.8, 4) is 29.0 Å². The van der Waals surface area contributed by atoms with E-state index in [0.29, 0.717) is 5.56 Å². The van der Waals surface area contributed by atoms with Gasteiger partial charge in [0.15, 0.2) is 0 Å². The standard InChI is InChI=1S/C28H28N4/c1-3-5-6-7-9-12-26-21-25(24-17-15-23(22-29)16-18-24)19-20-28(26)30-31-32(4-2)27-13-10-8-11-14-27/h8,10-11,13-21H,3-7H2,1-2H3. The van der Waals surface area contributed by atoms with Gasteiger partial charge in [0.2, 0.25) is 0 Å². The van der Waals surface area contributed by atoms with Crippen LogP contribution in [0.1, 0.15) is 50.7 Å². The number of hydrogen-bond acceptors (Lipinski definition) is 3. The zero-order chi connectivity index (χ0) is 22.6. The monoisotopic (exact) mass is 420 g/mol. The first-order valence-electron chi connectivity index (χ1n) is 11.1. The van der Waals surface area contributed by atoms with Gasteiger partial charge >= 0.3 is 0 Å². The van der Waals surface area contributed by atoms with Gasteiger partial charge in [-0.1, -0.05) is 73.2 Å². The van der Waals surface area contributed by atoms with Gasteiger partial charge in [0.1, 0.15) is 5.69 Å². The second-order valence-corrected chi connectivity index (χ2v) is 7.42. The molecule has 0 aliphatic heterocycles. The third-order valence-electron chi connectivity index (χ3n) is 5.09. The molecule has 0 amide bonds. The van der Waals surface area contributed by atoms with Gasteiger partial charge in [-0.15, -0.1) is 5.11 Å². The lowest BCUT2D eigenvalue weighted by Gasteiger charge is -2.15. The Labute approximate surface area is 191 Å². The Morgan fingerprint density at radius 2 is 1.62 bits per heavy atom. The van der Waals surface area contributed by atoms with E-state index in [1.807, 2.05) is 71.7 Å². The molecule has 3 aromatic carbocycles. The Hall–Kier alpha value is -3.89. The number of hydrogen-bond donors (Lipinski definition) is 0. The summed E-state index contributed by atoms with van der Waals surface area (Å²) >= 11 is 0. The van der Waals surface area contributed by atoms with Crippen LogP contribution in [-0.2, 0) is 0 Å². The molecule has 0 aromatic heterocycles. The predicted octanol–water partition coefficient (Wildman–Crippen LogP) is 7.68. The molecule has 0 saturated heterocycles. The topological polar surface area (TPSA) is 51.8 Å². The zero-order valence-corrected chi connectivity index (χ0v) is 18.8. The Balaban J connectivity index is 1.91. The van der Waals surface area contributed by atoms with E-state index in [9.17, 15) is 0 Å². The smallest absolute Gasteiger partial charge is 0.103 e. The second kappa shape index (κ2) is 12.1. The molecule has 0 fully saturated rings. The molecule has 4 heteroatoms. The summed E-state index contributed by atoms with van der Waals surface area (Å²) in [5.41, 5.74) is 5.34. The van der Waals surface area contributed by atoms with Gasteiger partial charge in [0, 0.05) is 13.0 Å². The molecule has 4 nitrogen and oxygen atoms in total. The highest BCUT2D eigenvalue weighted by molar-refractivity contribution is 5.70. The molecule has 3 rings (SSSR count). The highest BCUT2D eigenvalue weighted by Crippen LogP contribution is 2.28. The van der Waals surface area contributed by atoms with Crippen molar-refractivity contribution in [2.45, 2.75) is 39.5 Å². The minimum atomic E-state index is 0.649. The minimum Gasteiger partial charge on any atom is -0.247 e. The number of para-hydroxylation sites is 1. The van der Waals surface area contributed by atoms with Gasteiger partial charge in [-0.25, -0.2) is 5.01 Å². The maximum atomic E-state index is 9.05. The molecule has 0 aliphatic rings. The average Bonchev–Trinajstić information content (AvgIpc) is 2.85. The third kappa shape index (κ3) is 6.30. The maximum Gasteiger partial charge on any atom is 0.103 e. The molecule has 32 heavy (non-hydrogen) atoms. The molecule has 160 valence electrons. The van der Waals surface area contributed by atoms with Crippen LogP contribution in [0.4, 0.5) is 11.4 Å². The van der Waals surface area contributed by atoms with E-state index in [2.05, 4.69) is 48.2 Å². The Kier molecular flexibility index (Phi) is 8.60. The molecular formula is C28H28N4. The lowest BCUT2D eigenvalue weighted by atomic mass is 10.0. The fraction of sp³-hybridized carbons (Fsp3) is 0.250. The summed E-state index contributed by atoms with van der Waals surface area (Å²) in [5, 5.41) is 19.9. The highest BCUT2D eigenvalue weighted by atomic mass is 15.5. The van der Waals surface area contributed by atoms with Crippen LogP contribution < -0.4 is 5.01 Å². The van der Waals surface area contributed by atoms with E-state index in [1.165, 1.54) is 12.8 Å². The molecule has 0 unspecified atom stereocenters. The van der Waals surface area contributed by atoms with Gasteiger partial charge < -0.3 is 0 Å². The fourth-order valence-electron chi connectivity index (χ4n) is 3.26. The van der Waals surface area contributed by atoms with Crippen LogP contribution in [0, 0.1) is 23.2 Å². The third-order valence-corrected chi connectivity index (χ3v) is 5.09. The van der Waals surface area contributed by atoms with Crippen LogP contribution in [-0.4, -0.2) is 6.54 Å². The molecule has 0 saturated carbocycles. The number of nitrogens with zero attached hydrogens (tertiary/aromatic N) is 4. The van der Waals surface area contributed by atoms with Crippen LogP contribution in [0.5, 0.6) is 0 Å². The van der Waals surface area contributed by atoms with Crippen LogP contribution in [0.15, 0.2) is 83.1 Å². The van der Waals surface area contributed by atoms with Gasteiger partial charge in [-0.3, -0.25) is 0 Å². The second-order valence-electron chi connectivity index (χ2n) is 7.42. The first-order chi connectivity index (χ1) is 15.7. The van der Waals surface area contributed by atoms with Crippen molar-refractivity contribution in [2.75, 3.05) is 11.6 Å². The van der Waals surface area contributed by atoms with Gasteiger partial charge in [0.25, 0.3) is 0 Å². The van der Waals surface area contributed by atoms with Crippen LogP contribution >= 0.6 is 0 Å². The predicted molar refractivity (Wildman–Crippen MR) is 132 cm³/mol. The maximum absolute atomic E-state index is 9.05. The molecule has 0 spiro atoms. The van der Waals surface area contributed by atoms with Crippen LogP contribution in [0.3, 0.4) is 0 Å². The molecular weight excluding hydrogens is 392 g/mol. The Morgan fingerprint density at radius 1 is 0.875 bits per heavy atom. The van der Waals surface area contributed by atoms with Crippen LogP contribution in [0.2, 0.25) is 0 Å². The lowest BCUT2D eigenvalue weighted by Crippen LogP contribution is -2.13. The summed E-state index contributed by atoms with van der Waals surface area (Å²) < 4.78 is 0. The SMILES string of the molecule is CCCCCC#Cc1cc(-c2ccc(C#N)cc2)ccc1N=NN(CC)c1ccccc1. The van der Waals surface area contributed by atoms with E-state index in [-0.39, 0.29) is 0 Å². The van der Waals surface area contributed by atoms with E-state index in [4.69, 9.17) is 5.26 Å². The van der Waals surface area contributed by atoms with Gasteiger partial charge in [0.05, 0.1) is 22.9 Å². The van der Waals surface area contributed by atoms with E-state index in [0.717, 1.165) is 47.5 Å². The quantitative estimate of drug-likeness (QED) is 0.162. The summed E-state index contributed by atoms with van der Waals surface area (Å²) in [4.78, 5) is 0. The van der Waals surface area contributed by atoms with Crippen molar-refractivity contribution in [2.24, 2.45) is 10.3 Å². The first kappa shape index (κ1) is 22.8. The molecule has 0 aliphatic carbocycles. The van der Waals surface area contributed by atoms with E-state index >= 15 is 0 Å². The van der Waals surface area contributed by atoms with Crippen molar-refractivity contribution in [1.29, 1.82) is 5.26 Å². The summed E-state index contributed by atoms with van der Waals surface area (Å²) in [6.07, 6.45) is 4.35. The first-order valence-corrected chi connectivity index (χ1v) is 11.1. The zero-order valence-electron chi connectivity index (χ0n) is 18.8. The van der Waals surface area contributed by atoms with Crippen molar-refractivity contribution < 1.29 is 0 Å². The van der Waals surface area contributed by atoms with Gasteiger partial charge in [-0.2, -0.15) is 5.26 Å². The fourth-order valence-corrected chi connectivity index (χ4v) is 3.26. The number of rotatable bonds is 8. The summed E-state index contributed by atoms with van der Waals surface area (Å²) in [6, 6.07) is 25.8. The molecule has 0 bridgehead atoms. The van der Waals surface area contributed by atoms with Crippen LogP contribution in [0.25, 0.3) is 11.1 Å². The lowest BCUT2D eigenvalue weighted by molar-refractivity contribution is 0.737. The van der Waals surface area contributed by atoms with E-state index in [1.54, 1.807) is 0 Å². The Bertz CT molecular complexity index is 1130. The summed E-state index contributed by atoms with van der Waals surface area (Å²) in [5.74, 6) is 6.61. The number of nitriles is 1. The van der Waals surface area contributed by atoms with Gasteiger partial charge in [-0.05, 0) is 60.9 Å². The van der Waals surface area contributed by atoms with Crippen molar-refractivity contribution in [1.82, 2.24) is 0 Å². The average molecular weight is 421 g/mol. The Morgan fingerprint density at radius 3 is 2.31 bits per heavy atom. The highest BCUT2D eigenvalue weighted by Gasteiger charge is 2.06. The number of benzene rings is 3. The van der Waals surface area contributed by atoms with Crippen molar-refractivity contribution >= 4 is 11.4 Å². The summed E-state index contributed by atoms with van der Waals surface area (Å²) in [7, 11) is 0. The van der Waals surface area contributed by atoms with E-state index < -0.39 is 0 Å². The minimum absolute atomic E-state index is 0.649. The van der Waals surface area contributed by atoms with Crippen molar-refractivity contribution in [3.63, 3.8) is 0 Å². The molecule has 0 radical (unpaired) electrons. The number of anilines is 1. The normalized spacial score (nSPS) is 10.4. The largest absolute Gasteiger partial charge is 0.247 e. The molecule has 0 N–H and O–H groups in total. The van der Waals surface area contributed by atoms with Crippen molar-refractivity contribution in [3.05, 3.63) is 83.9 Å².